The Labute approximate surface area is 123 Å². The van der Waals surface area contributed by atoms with Gasteiger partial charge in [-0.3, -0.25) is 0 Å². The van der Waals surface area contributed by atoms with E-state index in [1.165, 1.54) is 0 Å². The number of hydrogen-bond acceptors (Lipinski definition) is 6. The molecule has 6 heteroatoms. The average Bonchev–Trinajstić information content (AvgIpc) is 2.89. The Hall–Kier alpha value is -1.53. The fourth-order valence-corrected chi connectivity index (χ4v) is 2.71. The normalized spacial score (nSPS) is 12.3. The minimum absolute atomic E-state index is 0.138. The van der Waals surface area contributed by atoms with Gasteiger partial charge in [0.2, 0.25) is 5.88 Å². The van der Waals surface area contributed by atoms with E-state index >= 15 is 0 Å². The van der Waals surface area contributed by atoms with Crippen molar-refractivity contribution in [2.45, 2.75) is 32.7 Å². The van der Waals surface area contributed by atoms with Crippen molar-refractivity contribution >= 4 is 11.3 Å². The van der Waals surface area contributed by atoms with Gasteiger partial charge in [-0.15, -0.1) is 16.4 Å². The molecular formula is C14H20N4OS. The topological polar surface area (TPSA) is 59.9 Å². The minimum Gasteiger partial charge on any atom is -0.480 e. The number of ether oxygens (including phenoxy) is 1. The summed E-state index contributed by atoms with van der Waals surface area (Å²) >= 11 is 1.69. The van der Waals surface area contributed by atoms with Crippen LogP contribution in [0.15, 0.2) is 17.5 Å². The van der Waals surface area contributed by atoms with Crippen molar-refractivity contribution in [1.29, 1.82) is 0 Å². The standard InChI is InChI=1S/C14H20N4OS/c1-4-7-15-12(8-14-16-10(2)9-20-14)11-5-6-13(19-3)18-17-11/h5-6,9,12,15H,4,7-8H2,1-3H3. The van der Waals surface area contributed by atoms with Crippen LogP contribution in [0.1, 0.15) is 35.8 Å². The van der Waals surface area contributed by atoms with Crippen molar-refractivity contribution in [3.8, 4) is 5.88 Å². The van der Waals surface area contributed by atoms with Gasteiger partial charge in [-0.1, -0.05) is 6.92 Å². The zero-order valence-corrected chi connectivity index (χ0v) is 12.9. The van der Waals surface area contributed by atoms with Crippen molar-refractivity contribution in [3.05, 3.63) is 33.9 Å². The maximum Gasteiger partial charge on any atom is 0.233 e. The Balaban J connectivity index is 2.12. The van der Waals surface area contributed by atoms with E-state index in [1.54, 1.807) is 18.4 Å². The van der Waals surface area contributed by atoms with Crippen LogP contribution in [0.5, 0.6) is 5.88 Å². The Kier molecular flexibility index (Phi) is 5.43. The number of nitrogens with one attached hydrogen (secondary N) is 1. The van der Waals surface area contributed by atoms with Crippen LogP contribution in [0, 0.1) is 6.92 Å². The summed E-state index contributed by atoms with van der Waals surface area (Å²) in [5.74, 6) is 0.535. The first-order valence-corrected chi connectivity index (χ1v) is 7.63. The van der Waals surface area contributed by atoms with E-state index in [4.69, 9.17) is 4.74 Å². The number of methoxy groups -OCH3 is 1. The van der Waals surface area contributed by atoms with Crippen molar-refractivity contribution < 1.29 is 4.74 Å². The van der Waals surface area contributed by atoms with E-state index in [9.17, 15) is 0 Å². The predicted molar refractivity (Wildman–Crippen MR) is 80.2 cm³/mol. The first-order chi connectivity index (χ1) is 9.72. The molecule has 0 aliphatic carbocycles. The highest BCUT2D eigenvalue weighted by Crippen LogP contribution is 2.20. The van der Waals surface area contributed by atoms with Crippen molar-refractivity contribution in [3.63, 3.8) is 0 Å². The van der Waals surface area contributed by atoms with Gasteiger partial charge in [0.25, 0.3) is 0 Å². The monoisotopic (exact) mass is 292 g/mol. The van der Waals surface area contributed by atoms with Crippen LogP contribution in [0.2, 0.25) is 0 Å². The van der Waals surface area contributed by atoms with E-state index in [2.05, 4.69) is 32.8 Å². The zero-order chi connectivity index (χ0) is 14.4. The molecule has 1 N–H and O–H groups in total. The maximum absolute atomic E-state index is 5.05. The lowest BCUT2D eigenvalue weighted by atomic mass is 10.1. The molecule has 2 aromatic rings. The Morgan fingerprint density at radius 1 is 1.35 bits per heavy atom. The second kappa shape index (κ2) is 7.31. The molecule has 0 bridgehead atoms. The van der Waals surface area contributed by atoms with Crippen molar-refractivity contribution in [1.82, 2.24) is 20.5 Å². The van der Waals surface area contributed by atoms with Crippen LogP contribution in [-0.4, -0.2) is 28.8 Å². The molecule has 0 aliphatic rings. The number of hydrogen-bond donors (Lipinski definition) is 1. The fourth-order valence-electron chi connectivity index (χ4n) is 1.90. The van der Waals surface area contributed by atoms with Crippen LogP contribution in [-0.2, 0) is 6.42 Å². The fraction of sp³-hybridized carbons (Fsp3) is 0.500. The summed E-state index contributed by atoms with van der Waals surface area (Å²) < 4.78 is 5.05. The number of aromatic nitrogens is 3. The van der Waals surface area contributed by atoms with Gasteiger partial charge in [0.15, 0.2) is 0 Å². The Morgan fingerprint density at radius 3 is 2.75 bits per heavy atom. The molecule has 2 aromatic heterocycles. The second-order valence-electron chi connectivity index (χ2n) is 4.59. The SMILES string of the molecule is CCCNC(Cc1nc(C)cs1)c1ccc(OC)nn1. The molecule has 1 unspecified atom stereocenters. The maximum atomic E-state index is 5.05. The van der Waals surface area contributed by atoms with Crippen LogP contribution in [0.3, 0.4) is 0 Å². The molecule has 0 radical (unpaired) electrons. The van der Waals surface area contributed by atoms with Gasteiger partial charge in [0.05, 0.1) is 23.9 Å². The van der Waals surface area contributed by atoms with Crippen molar-refractivity contribution in [2.75, 3.05) is 13.7 Å². The number of aryl methyl sites for hydroxylation is 1. The third kappa shape index (κ3) is 3.98. The average molecular weight is 292 g/mol. The van der Waals surface area contributed by atoms with E-state index in [1.807, 2.05) is 19.1 Å². The first-order valence-electron chi connectivity index (χ1n) is 6.75. The molecule has 0 saturated heterocycles. The highest BCUT2D eigenvalue weighted by Gasteiger charge is 2.15. The van der Waals surface area contributed by atoms with Gasteiger partial charge in [-0.2, -0.15) is 5.10 Å². The summed E-state index contributed by atoms with van der Waals surface area (Å²) in [5, 5.41) is 15.0. The molecule has 0 amide bonds. The molecule has 0 spiro atoms. The molecule has 0 aliphatic heterocycles. The molecule has 20 heavy (non-hydrogen) atoms. The van der Waals surface area contributed by atoms with Gasteiger partial charge in [0.1, 0.15) is 0 Å². The molecule has 0 fully saturated rings. The van der Waals surface area contributed by atoms with Crippen LogP contribution < -0.4 is 10.1 Å². The smallest absolute Gasteiger partial charge is 0.233 e. The zero-order valence-electron chi connectivity index (χ0n) is 12.1. The van der Waals surface area contributed by atoms with E-state index < -0.39 is 0 Å². The highest BCUT2D eigenvalue weighted by molar-refractivity contribution is 7.09. The van der Waals surface area contributed by atoms with Crippen molar-refractivity contribution in [2.24, 2.45) is 0 Å². The minimum atomic E-state index is 0.138. The van der Waals surface area contributed by atoms with Gasteiger partial charge in [-0.25, -0.2) is 4.98 Å². The van der Waals surface area contributed by atoms with E-state index in [-0.39, 0.29) is 6.04 Å². The molecule has 5 nitrogen and oxygen atoms in total. The quantitative estimate of drug-likeness (QED) is 0.849. The molecule has 0 aromatic carbocycles. The third-order valence-corrected chi connectivity index (χ3v) is 3.90. The first kappa shape index (κ1) is 14.9. The lowest BCUT2D eigenvalue weighted by Crippen LogP contribution is -2.25. The summed E-state index contributed by atoms with van der Waals surface area (Å²) in [5.41, 5.74) is 1.99. The molecular weight excluding hydrogens is 272 g/mol. The lowest BCUT2D eigenvalue weighted by molar-refractivity contribution is 0.389. The summed E-state index contributed by atoms with van der Waals surface area (Å²) in [6, 6.07) is 3.94. The summed E-state index contributed by atoms with van der Waals surface area (Å²) in [7, 11) is 1.59. The van der Waals surface area contributed by atoms with Gasteiger partial charge in [0, 0.05) is 23.6 Å². The Bertz CT molecular complexity index is 526. The van der Waals surface area contributed by atoms with E-state index in [0.717, 1.165) is 35.8 Å². The number of rotatable bonds is 7. The third-order valence-electron chi connectivity index (χ3n) is 2.91. The lowest BCUT2D eigenvalue weighted by Gasteiger charge is -2.16. The summed E-state index contributed by atoms with van der Waals surface area (Å²) in [4.78, 5) is 4.52. The summed E-state index contributed by atoms with van der Waals surface area (Å²) in [6.45, 7) is 5.11. The van der Waals surface area contributed by atoms with Gasteiger partial charge < -0.3 is 10.1 Å². The van der Waals surface area contributed by atoms with Crippen LogP contribution >= 0.6 is 11.3 Å². The number of thiazole rings is 1. The highest BCUT2D eigenvalue weighted by atomic mass is 32.1. The molecule has 0 saturated carbocycles. The molecule has 108 valence electrons. The number of nitrogens with zero attached hydrogens (tertiary/aromatic N) is 3. The van der Waals surface area contributed by atoms with Gasteiger partial charge >= 0.3 is 0 Å². The van der Waals surface area contributed by atoms with Crippen LogP contribution in [0.25, 0.3) is 0 Å². The van der Waals surface area contributed by atoms with Gasteiger partial charge in [-0.05, 0) is 26.0 Å². The molecule has 2 rings (SSSR count). The second-order valence-corrected chi connectivity index (χ2v) is 5.54. The Morgan fingerprint density at radius 2 is 2.20 bits per heavy atom. The largest absolute Gasteiger partial charge is 0.480 e. The molecule has 1 atom stereocenters. The predicted octanol–water partition coefficient (Wildman–Crippen LogP) is 2.53. The summed E-state index contributed by atoms with van der Waals surface area (Å²) in [6.07, 6.45) is 1.91. The van der Waals surface area contributed by atoms with E-state index in [0.29, 0.717) is 5.88 Å². The molecule has 2 heterocycles. The van der Waals surface area contributed by atoms with Crippen LogP contribution in [0.4, 0.5) is 0 Å².